The molecule has 0 aliphatic rings. The SMILES string of the molecule is C=CC(=O)OCCNc1nc(Cc2ccc(S(=O)(=O)O)cc2)nc(Nc2cc(S(=O)(=O)O)cc3ccc(N=Nc4ccc5ccccc5c4S(=O)(=O)O)c(O)c23)n1. The van der Waals surface area contributed by atoms with E-state index in [0.29, 0.717) is 10.9 Å². The van der Waals surface area contributed by atoms with Crippen molar-refractivity contribution in [3.8, 4) is 5.75 Å². The minimum absolute atomic E-state index is 0.0123. The van der Waals surface area contributed by atoms with Crippen molar-refractivity contribution >= 4 is 86.8 Å². The first-order chi connectivity index (χ1) is 26.9. The van der Waals surface area contributed by atoms with Crippen LogP contribution >= 0.6 is 0 Å². The van der Waals surface area contributed by atoms with Gasteiger partial charge in [0.1, 0.15) is 28.7 Å². The molecule has 0 atom stereocenters. The fraction of sp³-hybridized carbons (Fsp3) is 0.0857. The zero-order chi connectivity index (χ0) is 41.1. The Balaban J connectivity index is 1.43. The number of esters is 1. The van der Waals surface area contributed by atoms with E-state index >= 15 is 0 Å². The molecule has 0 aliphatic heterocycles. The van der Waals surface area contributed by atoms with E-state index in [1.165, 1.54) is 48.5 Å². The lowest BCUT2D eigenvalue weighted by Crippen LogP contribution is -2.16. The van der Waals surface area contributed by atoms with Crippen LogP contribution in [0.4, 0.5) is 29.0 Å². The second kappa shape index (κ2) is 16.0. The number of benzene rings is 5. The molecule has 0 amide bonds. The van der Waals surface area contributed by atoms with E-state index in [-0.39, 0.29) is 75.4 Å². The molecule has 294 valence electrons. The Hall–Kier alpha value is -6.43. The smallest absolute Gasteiger partial charge is 0.330 e. The number of phenols is 1. The molecule has 0 saturated heterocycles. The van der Waals surface area contributed by atoms with Crippen LogP contribution < -0.4 is 10.6 Å². The third kappa shape index (κ3) is 9.52. The highest BCUT2D eigenvalue weighted by Gasteiger charge is 2.22. The maximum absolute atomic E-state index is 12.4. The van der Waals surface area contributed by atoms with Gasteiger partial charge in [-0.1, -0.05) is 55.1 Å². The average Bonchev–Trinajstić information content (AvgIpc) is 3.14. The molecular formula is C35H29N7O12S3. The summed E-state index contributed by atoms with van der Waals surface area (Å²) in [6.45, 7) is 3.21. The van der Waals surface area contributed by atoms with Crippen molar-refractivity contribution in [3.05, 3.63) is 109 Å². The van der Waals surface area contributed by atoms with Gasteiger partial charge in [-0.05, 0) is 52.7 Å². The van der Waals surface area contributed by atoms with Gasteiger partial charge in [0, 0.05) is 23.3 Å². The predicted molar refractivity (Wildman–Crippen MR) is 205 cm³/mol. The van der Waals surface area contributed by atoms with Crippen LogP contribution in [-0.4, -0.2) is 78.1 Å². The highest BCUT2D eigenvalue weighted by Crippen LogP contribution is 2.42. The van der Waals surface area contributed by atoms with Crippen molar-refractivity contribution in [2.45, 2.75) is 21.1 Å². The number of aromatic nitrogens is 3. The number of fused-ring (bicyclic) bond motifs is 2. The van der Waals surface area contributed by atoms with Crippen LogP contribution in [0, 0.1) is 0 Å². The molecule has 0 saturated carbocycles. The van der Waals surface area contributed by atoms with Crippen molar-refractivity contribution in [2.75, 3.05) is 23.8 Å². The number of hydrogen-bond acceptors (Lipinski definition) is 16. The topological polar surface area (TPSA) is 297 Å². The minimum atomic E-state index is -4.83. The fourth-order valence-electron chi connectivity index (χ4n) is 5.52. The molecule has 19 nitrogen and oxygen atoms in total. The molecule has 1 aromatic heterocycles. The van der Waals surface area contributed by atoms with Gasteiger partial charge in [0.15, 0.2) is 5.75 Å². The molecule has 0 unspecified atom stereocenters. The Morgan fingerprint density at radius 2 is 1.40 bits per heavy atom. The van der Waals surface area contributed by atoms with Gasteiger partial charge in [0.25, 0.3) is 30.4 Å². The van der Waals surface area contributed by atoms with Crippen LogP contribution in [0.15, 0.2) is 122 Å². The van der Waals surface area contributed by atoms with Gasteiger partial charge >= 0.3 is 5.97 Å². The molecule has 5 aromatic carbocycles. The normalized spacial score (nSPS) is 12.2. The molecule has 0 spiro atoms. The van der Waals surface area contributed by atoms with Crippen molar-refractivity contribution in [1.29, 1.82) is 0 Å². The summed E-state index contributed by atoms with van der Waals surface area (Å²) in [5.74, 6) is -1.47. The van der Waals surface area contributed by atoms with Gasteiger partial charge in [-0.3, -0.25) is 13.7 Å². The zero-order valence-corrected chi connectivity index (χ0v) is 31.5. The molecule has 6 aromatic rings. The summed E-state index contributed by atoms with van der Waals surface area (Å²) >= 11 is 0. The van der Waals surface area contributed by atoms with Crippen molar-refractivity contribution in [2.24, 2.45) is 10.2 Å². The van der Waals surface area contributed by atoms with E-state index in [1.807, 2.05) is 0 Å². The van der Waals surface area contributed by atoms with Gasteiger partial charge in [-0.25, -0.2) is 4.79 Å². The van der Waals surface area contributed by atoms with Gasteiger partial charge in [-0.15, -0.1) is 10.2 Å². The third-order valence-corrected chi connectivity index (χ3v) is 10.7. The molecule has 0 aliphatic carbocycles. The summed E-state index contributed by atoms with van der Waals surface area (Å²) in [5, 5.41) is 25.9. The number of aromatic hydroxyl groups is 1. The Kier molecular flexibility index (Phi) is 11.3. The largest absolute Gasteiger partial charge is 0.505 e. The van der Waals surface area contributed by atoms with Crippen LogP contribution in [0.1, 0.15) is 11.4 Å². The quantitative estimate of drug-likeness (QED) is 0.0259. The first-order valence-corrected chi connectivity index (χ1v) is 20.5. The lowest BCUT2D eigenvalue weighted by Gasteiger charge is -2.14. The number of azo groups is 1. The van der Waals surface area contributed by atoms with Crippen LogP contribution in [0.25, 0.3) is 21.5 Å². The summed E-state index contributed by atoms with van der Waals surface area (Å²) in [5.41, 5.74) is -0.138. The molecule has 6 N–H and O–H groups in total. The van der Waals surface area contributed by atoms with Crippen LogP contribution in [-0.2, 0) is 46.3 Å². The molecule has 0 fully saturated rings. The number of carbonyl (C=O) groups excluding carboxylic acids is 1. The Morgan fingerprint density at radius 1 is 0.754 bits per heavy atom. The van der Waals surface area contributed by atoms with Gasteiger partial charge < -0.3 is 20.5 Å². The summed E-state index contributed by atoms with van der Waals surface area (Å²) in [6, 6.07) is 19.1. The van der Waals surface area contributed by atoms with Crippen molar-refractivity contribution in [1.82, 2.24) is 15.0 Å². The number of phenolic OH excluding ortho intramolecular Hbond substituents is 1. The summed E-state index contributed by atoms with van der Waals surface area (Å²) < 4.78 is 107. The summed E-state index contributed by atoms with van der Waals surface area (Å²) in [7, 11) is -14.1. The van der Waals surface area contributed by atoms with E-state index < -0.39 is 51.9 Å². The van der Waals surface area contributed by atoms with E-state index in [2.05, 4.69) is 42.4 Å². The Labute approximate surface area is 324 Å². The Morgan fingerprint density at radius 3 is 2.09 bits per heavy atom. The second-order valence-corrected chi connectivity index (χ2v) is 16.1. The lowest BCUT2D eigenvalue weighted by molar-refractivity contribution is -0.137. The van der Waals surface area contributed by atoms with Gasteiger partial charge in [0.2, 0.25) is 11.9 Å². The number of anilines is 3. The lowest BCUT2D eigenvalue weighted by atomic mass is 10.1. The number of nitrogens with one attached hydrogen (secondary N) is 2. The zero-order valence-electron chi connectivity index (χ0n) is 29.0. The third-order valence-electron chi connectivity index (χ3n) is 8.03. The summed E-state index contributed by atoms with van der Waals surface area (Å²) in [4.78, 5) is 23.1. The highest BCUT2D eigenvalue weighted by atomic mass is 32.2. The highest BCUT2D eigenvalue weighted by molar-refractivity contribution is 7.86. The van der Waals surface area contributed by atoms with E-state index in [9.17, 15) is 48.8 Å². The van der Waals surface area contributed by atoms with Crippen molar-refractivity contribution < 1.29 is 53.5 Å². The number of hydrogen-bond donors (Lipinski definition) is 6. The van der Waals surface area contributed by atoms with Crippen LogP contribution in [0.5, 0.6) is 5.75 Å². The van der Waals surface area contributed by atoms with Gasteiger partial charge in [-0.2, -0.15) is 40.2 Å². The van der Waals surface area contributed by atoms with Crippen molar-refractivity contribution in [3.63, 3.8) is 0 Å². The van der Waals surface area contributed by atoms with Gasteiger partial charge in [0.05, 0.1) is 22.0 Å². The molecule has 0 radical (unpaired) electrons. The molecular weight excluding hydrogens is 807 g/mol. The summed E-state index contributed by atoms with van der Waals surface area (Å²) in [6.07, 6.45) is 0.953. The number of nitrogens with zero attached hydrogens (tertiary/aromatic N) is 5. The Bertz CT molecular complexity index is 2940. The maximum atomic E-state index is 12.4. The number of ether oxygens (including phenoxy) is 1. The molecule has 0 bridgehead atoms. The first-order valence-electron chi connectivity index (χ1n) is 16.2. The van der Waals surface area contributed by atoms with Crippen LogP contribution in [0.2, 0.25) is 0 Å². The first kappa shape index (κ1) is 40.2. The number of carbonyl (C=O) groups is 1. The van der Waals surface area contributed by atoms with Crippen LogP contribution in [0.3, 0.4) is 0 Å². The molecule has 6 rings (SSSR count). The number of rotatable bonds is 14. The molecule has 22 heteroatoms. The maximum Gasteiger partial charge on any atom is 0.330 e. The minimum Gasteiger partial charge on any atom is -0.505 e. The fourth-order valence-corrected chi connectivity index (χ4v) is 7.37. The van der Waals surface area contributed by atoms with E-state index in [4.69, 9.17) is 4.74 Å². The second-order valence-electron chi connectivity index (χ2n) is 11.9. The monoisotopic (exact) mass is 835 g/mol. The van der Waals surface area contributed by atoms with E-state index in [0.717, 1.165) is 18.2 Å². The average molecular weight is 836 g/mol. The standard InChI is InChI=1S/C35H29N7O12S3/c1-2-30(43)54-16-15-36-34-38-29(17-20-7-11-23(12-8-20)55(45,46)47)39-35(40-34)37-28-19-24(56(48,49)50)18-22-10-13-26(32(44)31(22)28)41-42-27-14-9-21-5-3-4-6-25(21)33(27)57(51,52)53/h2-14,18-19,44H,1,15-17H2,(H,45,46,47)(H,48,49,50)(H,51,52,53)(H2,36,37,38,39,40). The van der Waals surface area contributed by atoms with E-state index in [1.54, 1.807) is 24.3 Å². The molecule has 57 heavy (non-hydrogen) atoms. The predicted octanol–water partition coefficient (Wildman–Crippen LogP) is 5.51. The molecule has 1 heterocycles.